The van der Waals surface area contributed by atoms with Gasteiger partial charge in [-0.05, 0) is 80.9 Å². The molecule has 7 aromatic carbocycles. The molecule has 1 saturated carbocycles. The van der Waals surface area contributed by atoms with E-state index in [9.17, 15) is 0 Å². The number of hydrogen-bond acceptors (Lipinski definition) is 1. The maximum Gasteiger partial charge on any atom is 0.0576 e. The first-order chi connectivity index (χ1) is 21.1. The SMILES string of the molecule is CC12CCCCC1(C)N(c1c3ccccc3c(-c3cc4ccccc4c4ccccc34)c3ccccc13)c1ccccc12. The number of rotatable bonds is 2. The van der Waals surface area contributed by atoms with Crippen LogP contribution >= 0.6 is 0 Å². The molecular formula is C42H35N. The summed E-state index contributed by atoms with van der Waals surface area (Å²) in [4.78, 5) is 2.77. The Hall–Kier alpha value is -4.62. The van der Waals surface area contributed by atoms with Crippen molar-refractivity contribution in [2.75, 3.05) is 4.90 Å². The van der Waals surface area contributed by atoms with Crippen LogP contribution in [0.4, 0.5) is 11.4 Å². The molecule has 0 bridgehead atoms. The fourth-order valence-electron chi connectivity index (χ4n) is 8.94. The van der Waals surface area contributed by atoms with Gasteiger partial charge in [-0.3, -0.25) is 0 Å². The normalized spacial score (nSPS) is 21.5. The molecule has 0 amide bonds. The Morgan fingerprint density at radius 2 is 1.05 bits per heavy atom. The molecule has 0 aromatic heterocycles. The predicted octanol–water partition coefficient (Wildman–Crippen LogP) is 11.7. The number of hydrogen-bond donors (Lipinski definition) is 0. The first kappa shape index (κ1) is 24.9. The minimum absolute atomic E-state index is 0.00234. The lowest BCUT2D eigenvalue weighted by Crippen LogP contribution is -2.54. The Balaban J connectivity index is 1.44. The number of benzene rings is 7. The topological polar surface area (TPSA) is 3.24 Å². The molecule has 1 heteroatoms. The summed E-state index contributed by atoms with van der Waals surface area (Å²) in [6.45, 7) is 5.07. The highest BCUT2D eigenvalue weighted by Gasteiger charge is 2.57. The van der Waals surface area contributed by atoms with Crippen LogP contribution in [0.2, 0.25) is 0 Å². The van der Waals surface area contributed by atoms with Gasteiger partial charge in [-0.25, -0.2) is 0 Å². The Morgan fingerprint density at radius 3 is 1.77 bits per heavy atom. The molecule has 7 aromatic rings. The van der Waals surface area contributed by atoms with E-state index >= 15 is 0 Å². The monoisotopic (exact) mass is 553 g/mol. The highest BCUT2D eigenvalue weighted by atomic mass is 15.3. The molecule has 0 radical (unpaired) electrons. The first-order valence-corrected chi connectivity index (χ1v) is 15.8. The van der Waals surface area contributed by atoms with Gasteiger partial charge < -0.3 is 4.90 Å². The molecule has 1 fully saturated rings. The summed E-state index contributed by atoms with van der Waals surface area (Å²) in [5.74, 6) is 0. The van der Waals surface area contributed by atoms with Crippen molar-refractivity contribution in [3.8, 4) is 11.1 Å². The van der Waals surface area contributed by atoms with Crippen LogP contribution in [0.15, 0.2) is 127 Å². The number of nitrogens with zero attached hydrogens (tertiary/aromatic N) is 1. The third-order valence-electron chi connectivity index (χ3n) is 11.2. The standard InChI is InChI=1S/C42H35N/c1-41-25-13-14-26-42(41,2)43(38-24-12-11-23-37(38)41)40-34-21-9-7-19-32(34)39(33-20-8-10-22-35(33)40)36-27-28-15-3-4-16-29(28)30-17-5-6-18-31(30)36/h3-12,15-24,27H,13-14,25-26H2,1-2H3. The summed E-state index contributed by atoms with van der Waals surface area (Å²) in [7, 11) is 0. The van der Waals surface area contributed by atoms with E-state index in [2.05, 4.69) is 146 Å². The zero-order valence-electron chi connectivity index (χ0n) is 24.9. The second-order valence-corrected chi connectivity index (χ2v) is 13.2. The zero-order chi connectivity index (χ0) is 28.8. The lowest BCUT2D eigenvalue weighted by atomic mass is 9.61. The van der Waals surface area contributed by atoms with Crippen LogP contribution in [0.3, 0.4) is 0 Å². The lowest BCUT2D eigenvalue weighted by Gasteiger charge is -2.50. The number of para-hydroxylation sites is 1. The molecule has 208 valence electrons. The van der Waals surface area contributed by atoms with E-state index in [0.29, 0.717) is 0 Å². The van der Waals surface area contributed by atoms with Gasteiger partial charge in [-0.1, -0.05) is 135 Å². The molecule has 1 aliphatic heterocycles. The van der Waals surface area contributed by atoms with Gasteiger partial charge in [0, 0.05) is 21.9 Å². The van der Waals surface area contributed by atoms with Crippen molar-refractivity contribution in [1.82, 2.24) is 0 Å². The van der Waals surface area contributed by atoms with Crippen molar-refractivity contribution in [3.05, 3.63) is 133 Å². The van der Waals surface area contributed by atoms with Crippen molar-refractivity contribution in [1.29, 1.82) is 0 Å². The fourth-order valence-corrected chi connectivity index (χ4v) is 8.94. The minimum Gasteiger partial charge on any atom is -0.333 e. The molecule has 1 nitrogen and oxygen atoms in total. The van der Waals surface area contributed by atoms with E-state index in [1.165, 1.54) is 96.8 Å². The Labute approximate surface area is 253 Å². The molecule has 1 heterocycles. The second kappa shape index (κ2) is 8.94. The third-order valence-corrected chi connectivity index (χ3v) is 11.2. The predicted molar refractivity (Wildman–Crippen MR) is 185 cm³/mol. The molecule has 9 rings (SSSR count). The van der Waals surface area contributed by atoms with Gasteiger partial charge in [0.15, 0.2) is 0 Å². The zero-order valence-corrected chi connectivity index (χ0v) is 24.9. The molecule has 2 unspecified atom stereocenters. The van der Waals surface area contributed by atoms with Crippen molar-refractivity contribution in [2.24, 2.45) is 0 Å². The third kappa shape index (κ3) is 3.23. The molecule has 0 saturated heterocycles. The maximum atomic E-state index is 2.77. The average molecular weight is 554 g/mol. The quantitative estimate of drug-likeness (QED) is 0.152. The van der Waals surface area contributed by atoms with Gasteiger partial charge >= 0.3 is 0 Å². The van der Waals surface area contributed by atoms with Crippen LogP contribution in [0.1, 0.15) is 45.1 Å². The van der Waals surface area contributed by atoms with Crippen LogP contribution < -0.4 is 4.90 Å². The molecule has 0 N–H and O–H groups in total. The average Bonchev–Trinajstić information content (AvgIpc) is 3.26. The van der Waals surface area contributed by atoms with E-state index in [-0.39, 0.29) is 11.0 Å². The fraction of sp³-hybridized carbons (Fsp3) is 0.190. The van der Waals surface area contributed by atoms with E-state index < -0.39 is 0 Å². The van der Waals surface area contributed by atoms with Crippen molar-refractivity contribution < 1.29 is 0 Å². The van der Waals surface area contributed by atoms with Gasteiger partial charge in [0.1, 0.15) is 0 Å². The molecule has 43 heavy (non-hydrogen) atoms. The van der Waals surface area contributed by atoms with Crippen LogP contribution in [0.5, 0.6) is 0 Å². The van der Waals surface area contributed by atoms with Crippen molar-refractivity contribution in [3.63, 3.8) is 0 Å². The van der Waals surface area contributed by atoms with Crippen molar-refractivity contribution in [2.45, 2.75) is 50.5 Å². The van der Waals surface area contributed by atoms with Gasteiger partial charge in [0.05, 0.1) is 11.2 Å². The van der Waals surface area contributed by atoms with E-state index in [1.54, 1.807) is 0 Å². The van der Waals surface area contributed by atoms with Crippen LogP contribution in [-0.4, -0.2) is 5.54 Å². The summed E-state index contributed by atoms with van der Waals surface area (Å²) in [5.41, 5.74) is 7.00. The lowest BCUT2D eigenvalue weighted by molar-refractivity contribution is 0.195. The van der Waals surface area contributed by atoms with Gasteiger partial charge in [-0.15, -0.1) is 0 Å². The van der Waals surface area contributed by atoms with Crippen LogP contribution in [0, 0.1) is 0 Å². The molecule has 1 aliphatic carbocycles. The highest BCUT2D eigenvalue weighted by Crippen LogP contribution is 2.62. The van der Waals surface area contributed by atoms with Gasteiger partial charge in [0.25, 0.3) is 0 Å². The second-order valence-electron chi connectivity index (χ2n) is 13.2. The first-order valence-electron chi connectivity index (χ1n) is 15.8. The minimum atomic E-state index is -0.00234. The van der Waals surface area contributed by atoms with E-state index in [4.69, 9.17) is 0 Å². The molecule has 2 aliphatic rings. The molecular weight excluding hydrogens is 518 g/mol. The Bertz CT molecular complexity index is 2190. The van der Waals surface area contributed by atoms with Gasteiger partial charge in [0.2, 0.25) is 0 Å². The largest absolute Gasteiger partial charge is 0.333 e. The van der Waals surface area contributed by atoms with Crippen LogP contribution in [0.25, 0.3) is 54.2 Å². The summed E-state index contributed by atoms with van der Waals surface area (Å²) in [6.07, 6.45) is 4.99. The van der Waals surface area contributed by atoms with E-state index in [0.717, 1.165) is 0 Å². The summed E-state index contributed by atoms with van der Waals surface area (Å²) >= 11 is 0. The summed E-state index contributed by atoms with van der Waals surface area (Å²) < 4.78 is 0. The molecule has 0 spiro atoms. The van der Waals surface area contributed by atoms with E-state index in [1.807, 2.05) is 0 Å². The maximum absolute atomic E-state index is 2.77. The highest BCUT2D eigenvalue weighted by molar-refractivity contribution is 6.26. The Morgan fingerprint density at radius 1 is 0.512 bits per heavy atom. The summed E-state index contributed by atoms with van der Waals surface area (Å²) in [6, 6.07) is 47.8. The molecule has 2 atom stereocenters. The number of anilines is 2. The number of fused-ring (bicyclic) bond motifs is 8. The summed E-state index contributed by atoms with van der Waals surface area (Å²) in [5, 5.41) is 10.5. The van der Waals surface area contributed by atoms with Crippen LogP contribution in [-0.2, 0) is 5.41 Å². The Kier molecular flexibility index (Phi) is 5.18. The smallest absolute Gasteiger partial charge is 0.0576 e. The van der Waals surface area contributed by atoms with Crippen molar-refractivity contribution >= 4 is 54.5 Å². The van der Waals surface area contributed by atoms with Gasteiger partial charge in [-0.2, -0.15) is 0 Å².